The van der Waals surface area contributed by atoms with Crippen molar-refractivity contribution < 1.29 is 19.1 Å². The molecule has 3 heterocycles. The zero-order chi connectivity index (χ0) is 23.5. The summed E-state index contributed by atoms with van der Waals surface area (Å²) in [5.41, 5.74) is 1.20. The summed E-state index contributed by atoms with van der Waals surface area (Å²) in [7, 11) is 0. The molecule has 33 heavy (non-hydrogen) atoms. The number of rotatable bonds is 5. The maximum atomic E-state index is 13.0. The third-order valence-electron chi connectivity index (χ3n) is 5.88. The Kier molecular flexibility index (Phi) is 6.43. The van der Waals surface area contributed by atoms with Crippen LogP contribution in [0.4, 0.5) is 17.5 Å². The number of amides is 2. The third kappa shape index (κ3) is 4.89. The van der Waals surface area contributed by atoms with E-state index in [9.17, 15) is 19.2 Å². The molecule has 10 heteroatoms. The van der Waals surface area contributed by atoms with Crippen molar-refractivity contribution in [2.75, 3.05) is 35.2 Å². The summed E-state index contributed by atoms with van der Waals surface area (Å²) in [6.45, 7) is 4.92. The maximum absolute atomic E-state index is 13.0. The van der Waals surface area contributed by atoms with E-state index in [0.717, 1.165) is 12.0 Å². The Morgan fingerprint density at radius 1 is 1.30 bits per heavy atom. The van der Waals surface area contributed by atoms with Gasteiger partial charge in [0.1, 0.15) is 5.82 Å². The Morgan fingerprint density at radius 2 is 2.12 bits per heavy atom. The number of piperidine rings is 1. The fourth-order valence-electron chi connectivity index (χ4n) is 4.31. The first-order valence-electron chi connectivity index (χ1n) is 11.1. The molecule has 4 rings (SSSR count). The second kappa shape index (κ2) is 9.43. The number of fused-ring (bicyclic) bond motifs is 1. The van der Waals surface area contributed by atoms with E-state index in [1.807, 2.05) is 25.1 Å². The minimum Gasteiger partial charge on any atom is -0.466 e. The number of hydrogen-bond donors (Lipinski definition) is 3. The van der Waals surface area contributed by atoms with E-state index in [1.165, 1.54) is 0 Å². The van der Waals surface area contributed by atoms with E-state index in [0.29, 0.717) is 31.8 Å². The Labute approximate surface area is 190 Å². The molecule has 0 bridgehead atoms. The van der Waals surface area contributed by atoms with Gasteiger partial charge in [0.05, 0.1) is 24.0 Å². The molecule has 174 valence electrons. The van der Waals surface area contributed by atoms with Gasteiger partial charge in [0.25, 0.3) is 5.56 Å². The highest BCUT2D eigenvalue weighted by atomic mass is 16.5. The molecule has 2 aliphatic rings. The van der Waals surface area contributed by atoms with Crippen molar-refractivity contribution in [3.8, 4) is 0 Å². The zero-order valence-electron chi connectivity index (χ0n) is 18.6. The quantitative estimate of drug-likeness (QED) is 0.589. The summed E-state index contributed by atoms with van der Waals surface area (Å²) in [6.07, 6.45) is 1.28. The summed E-state index contributed by atoms with van der Waals surface area (Å²) in [4.78, 5) is 59.5. The number of carbonyl (C=O) groups is 3. The number of H-pyrrole nitrogens is 1. The van der Waals surface area contributed by atoms with E-state index in [-0.39, 0.29) is 41.5 Å². The number of benzene rings is 1. The van der Waals surface area contributed by atoms with E-state index in [4.69, 9.17) is 4.74 Å². The molecule has 1 aromatic carbocycles. The van der Waals surface area contributed by atoms with Crippen molar-refractivity contribution in [2.45, 2.75) is 39.0 Å². The average Bonchev–Trinajstić information content (AvgIpc) is 2.78. The highest BCUT2D eigenvalue weighted by Gasteiger charge is 2.36. The molecule has 1 fully saturated rings. The molecule has 3 N–H and O–H groups in total. The van der Waals surface area contributed by atoms with Gasteiger partial charge in [0.2, 0.25) is 17.8 Å². The van der Waals surface area contributed by atoms with E-state index in [2.05, 4.69) is 20.6 Å². The second-order valence-corrected chi connectivity index (χ2v) is 8.35. The van der Waals surface area contributed by atoms with Crippen LogP contribution in [0.15, 0.2) is 29.1 Å². The van der Waals surface area contributed by atoms with Crippen LogP contribution in [0.5, 0.6) is 0 Å². The molecule has 2 atom stereocenters. The standard InChI is InChI=1S/C23H27N5O5/c1-3-33-22(32)14-7-5-9-28(12-14)23-26-19-18(21(31)27-23)16(11-17(29)25-19)20(30)24-15-8-4-6-13(2)10-15/h4,6,8,10,14,16H,3,5,7,9,11-12H2,1-2H3,(H,24,30)(H2,25,26,27,29,31). The molecule has 10 nitrogen and oxygen atoms in total. The average molecular weight is 453 g/mol. The highest BCUT2D eigenvalue weighted by molar-refractivity contribution is 6.04. The van der Waals surface area contributed by atoms with Gasteiger partial charge in [-0.05, 0) is 44.4 Å². The van der Waals surface area contributed by atoms with Crippen LogP contribution in [0, 0.1) is 12.8 Å². The number of carbonyl (C=O) groups excluding carboxylic acids is 3. The largest absolute Gasteiger partial charge is 0.466 e. The second-order valence-electron chi connectivity index (χ2n) is 8.35. The van der Waals surface area contributed by atoms with Crippen molar-refractivity contribution in [1.29, 1.82) is 0 Å². The monoisotopic (exact) mass is 453 g/mol. The number of aromatic amines is 1. The smallest absolute Gasteiger partial charge is 0.310 e. The van der Waals surface area contributed by atoms with E-state index >= 15 is 0 Å². The van der Waals surface area contributed by atoms with Gasteiger partial charge < -0.3 is 20.3 Å². The van der Waals surface area contributed by atoms with Crippen LogP contribution in [0.25, 0.3) is 0 Å². The van der Waals surface area contributed by atoms with Gasteiger partial charge in [-0.15, -0.1) is 0 Å². The minimum absolute atomic E-state index is 0.0765. The van der Waals surface area contributed by atoms with Crippen LogP contribution in [-0.2, 0) is 19.1 Å². The number of ether oxygens (including phenoxy) is 1. The number of aryl methyl sites for hydroxylation is 1. The number of aromatic nitrogens is 2. The number of anilines is 3. The molecular formula is C23H27N5O5. The van der Waals surface area contributed by atoms with Crippen LogP contribution in [0.2, 0.25) is 0 Å². The SMILES string of the molecule is CCOC(=O)C1CCCN(c2nc3c(c(=O)[nH]2)C(C(=O)Nc2cccc(C)c2)CC(=O)N3)C1. The fraction of sp³-hybridized carbons (Fsp3) is 0.435. The first-order valence-corrected chi connectivity index (χ1v) is 11.1. The predicted octanol–water partition coefficient (Wildman–Crippen LogP) is 1.92. The lowest BCUT2D eigenvalue weighted by atomic mass is 9.92. The number of nitrogens with one attached hydrogen (secondary N) is 3. The Hall–Kier alpha value is -3.69. The summed E-state index contributed by atoms with van der Waals surface area (Å²) in [5.74, 6) is -2.06. The first kappa shape index (κ1) is 22.5. The van der Waals surface area contributed by atoms with Crippen molar-refractivity contribution in [1.82, 2.24) is 9.97 Å². The summed E-state index contributed by atoms with van der Waals surface area (Å²) >= 11 is 0. The lowest BCUT2D eigenvalue weighted by Gasteiger charge is -2.32. The Bertz CT molecular complexity index is 1140. The number of nitrogens with zero attached hydrogens (tertiary/aromatic N) is 2. The molecule has 2 aliphatic heterocycles. The lowest BCUT2D eigenvalue weighted by molar-refractivity contribution is -0.148. The lowest BCUT2D eigenvalue weighted by Crippen LogP contribution is -2.42. The van der Waals surface area contributed by atoms with Gasteiger partial charge in [0, 0.05) is 25.2 Å². The molecule has 2 aromatic rings. The van der Waals surface area contributed by atoms with Crippen LogP contribution >= 0.6 is 0 Å². The molecule has 2 amide bonds. The third-order valence-corrected chi connectivity index (χ3v) is 5.88. The molecular weight excluding hydrogens is 426 g/mol. The van der Waals surface area contributed by atoms with Gasteiger partial charge in [-0.25, -0.2) is 0 Å². The molecule has 1 aromatic heterocycles. The minimum atomic E-state index is -0.965. The molecule has 1 saturated heterocycles. The van der Waals surface area contributed by atoms with Gasteiger partial charge >= 0.3 is 5.97 Å². The maximum Gasteiger partial charge on any atom is 0.310 e. The summed E-state index contributed by atoms with van der Waals surface area (Å²) < 4.78 is 5.13. The van der Waals surface area contributed by atoms with E-state index < -0.39 is 17.4 Å². The predicted molar refractivity (Wildman–Crippen MR) is 122 cm³/mol. The van der Waals surface area contributed by atoms with Gasteiger partial charge in [-0.2, -0.15) is 4.98 Å². The molecule has 2 unspecified atom stereocenters. The normalized spacial score (nSPS) is 19.9. The molecule has 0 radical (unpaired) electrons. The van der Waals surface area contributed by atoms with Gasteiger partial charge in [-0.1, -0.05) is 12.1 Å². The van der Waals surface area contributed by atoms with E-state index in [1.54, 1.807) is 17.9 Å². The molecule has 0 saturated carbocycles. The van der Waals surface area contributed by atoms with Crippen molar-refractivity contribution in [3.05, 3.63) is 45.7 Å². The highest BCUT2D eigenvalue weighted by Crippen LogP contribution is 2.31. The van der Waals surface area contributed by atoms with Gasteiger partial charge in [-0.3, -0.25) is 24.2 Å². The van der Waals surface area contributed by atoms with Crippen molar-refractivity contribution in [3.63, 3.8) is 0 Å². The number of esters is 1. The van der Waals surface area contributed by atoms with Crippen LogP contribution < -0.4 is 21.1 Å². The first-order chi connectivity index (χ1) is 15.9. The topological polar surface area (TPSA) is 133 Å². The number of hydrogen-bond acceptors (Lipinski definition) is 7. The zero-order valence-corrected chi connectivity index (χ0v) is 18.6. The van der Waals surface area contributed by atoms with Gasteiger partial charge in [0.15, 0.2) is 0 Å². The van der Waals surface area contributed by atoms with Crippen LogP contribution in [-0.4, -0.2) is 47.4 Å². The van der Waals surface area contributed by atoms with Crippen molar-refractivity contribution >= 4 is 35.2 Å². The van der Waals surface area contributed by atoms with Crippen molar-refractivity contribution in [2.24, 2.45) is 5.92 Å². The van der Waals surface area contributed by atoms with Crippen LogP contribution in [0.3, 0.4) is 0 Å². The Morgan fingerprint density at radius 3 is 2.88 bits per heavy atom. The summed E-state index contributed by atoms with van der Waals surface area (Å²) in [5, 5.41) is 5.41. The molecule has 0 spiro atoms. The van der Waals surface area contributed by atoms with Crippen LogP contribution in [0.1, 0.15) is 43.2 Å². The fourth-order valence-corrected chi connectivity index (χ4v) is 4.31. The molecule has 0 aliphatic carbocycles. The Balaban J connectivity index is 1.59. The summed E-state index contributed by atoms with van der Waals surface area (Å²) in [6, 6.07) is 7.28.